The Kier molecular flexibility index (Phi) is 5.59. The first-order valence-corrected chi connectivity index (χ1v) is 6.97. The Morgan fingerprint density at radius 3 is 2.57 bits per heavy atom. The lowest BCUT2D eigenvalue weighted by molar-refractivity contribution is 0.373. The molecule has 0 unspecified atom stereocenters. The van der Waals surface area contributed by atoms with Crippen molar-refractivity contribution in [2.24, 2.45) is 21.1 Å². The minimum Gasteiger partial charge on any atom is -0.504 e. The molecule has 0 saturated heterocycles. The molecule has 0 aliphatic heterocycles. The van der Waals surface area contributed by atoms with Crippen molar-refractivity contribution in [3.05, 3.63) is 48.0 Å². The van der Waals surface area contributed by atoms with Crippen LogP contribution in [0, 0.1) is 0 Å². The smallest absolute Gasteiger partial charge is 0.184 e. The van der Waals surface area contributed by atoms with Crippen molar-refractivity contribution in [2.75, 3.05) is 7.11 Å². The number of thiocarbonyl (C=S) groups is 1. The second-order valence-corrected chi connectivity index (χ2v) is 4.80. The van der Waals surface area contributed by atoms with Crippen molar-refractivity contribution >= 4 is 34.9 Å². The van der Waals surface area contributed by atoms with Crippen LogP contribution in [0.15, 0.2) is 57.8 Å². The molecule has 2 aromatic carbocycles. The van der Waals surface area contributed by atoms with Crippen LogP contribution >= 0.6 is 12.2 Å². The van der Waals surface area contributed by atoms with Gasteiger partial charge in [-0.3, -0.25) is 5.43 Å². The number of nitrogens with two attached hydrogens (primary N) is 1. The van der Waals surface area contributed by atoms with Gasteiger partial charge in [0, 0.05) is 11.6 Å². The Balaban J connectivity index is 2.31. The molecule has 23 heavy (non-hydrogen) atoms. The molecule has 118 valence electrons. The molecule has 0 fully saturated rings. The number of azo groups is 1. The molecule has 0 saturated carbocycles. The number of hydrogen-bond donors (Lipinski definition) is 3. The van der Waals surface area contributed by atoms with E-state index in [1.807, 2.05) is 30.3 Å². The summed E-state index contributed by atoms with van der Waals surface area (Å²) in [6, 6.07) is 12.5. The third kappa shape index (κ3) is 4.75. The van der Waals surface area contributed by atoms with Gasteiger partial charge in [-0.25, -0.2) is 0 Å². The Bertz CT molecular complexity index is 747. The van der Waals surface area contributed by atoms with Crippen molar-refractivity contribution in [2.45, 2.75) is 0 Å². The number of nitrogens with zero attached hydrogens (tertiary/aromatic N) is 3. The topological polar surface area (TPSA) is 105 Å². The van der Waals surface area contributed by atoms with Gasteiger partial charge >= 0.3 is 0 Å². The van der Waals surface area contributed by atoms with Crippen molar-refractivity contribution in [1.29, 1.82) is 0 Å². The lowest BCUT2D eigenvalue weighted by Crippen LogP contribution is -2.23. The summed E-state index contributed by atoms with van der Waals surface area (Å²) in [6.45, 7) is 0. The molecule has 0 aliphatic rings. The molecule has 8 heteroatoms. The summed E-state index contributed by atoms with van der Waals surface area (Å²) in [6.07, 6.45) is 1.36. The molecule has 2 rings (SSSR count). The predicted octanol–water partition coefficient (Wildman–Crippen LogP) is 2.98. The summed E-state index contributed by atoms with van der Waals surface area (Å²) < 4.78 is 5.12. The number of aromatic hydroxyl groups is 1. The van der Waals surface area contributed by atoms with Crippen LogP contribution in [0.25, 0.3) is 0 Å². The summed E-state index contributed by atoms with van der Waals surface area (Å²) in [5.74, 6) is 0.186. The molecule has 0 radical (unpaired) electrons. The Hall–Kier alpha value is -3.00. The van der Waals surface area contributed by atoms with Gasteiger partial charge in [-0.1, -0.05) is 18.2 Å². The second-order valence-electron chi connectivity index (χ2n) is 4.36. The maximum absolute atomic E-state index is 10.1. The first-order chi connectivity index (χ1) is 11.1. The van der Waals surface area contributed by atoms with Crippen molar-refractivity contribution in [3.8, 4) is 11.5 Å². The molecule has 0 atom stereocenters. The van der Waals surface area contributed by atoms with Gasteiger partial charge in [0.1, 0.15) is 0 Å². The summed E-state index contributed by atoms with van der Waals surface area (Å²) >= 11 is 4.65. The van der Waals surface area contributed by atoms with Gasteiger partial charge in [-0.15, -0.1) is 0 Å². The zero-order chi connectivity index (χ0) is 16.7. The van der Waals surface area contributed by atoms with E-state index in [4.69, 9.17) is 10.5 Å². The molecule has 7 nitrogen and oxygen atoms in total. The van der Waals surface area contributed by atoms with E-state index < -0.39 is 0 Å². The van der Waals surface area contributed by atoms with Crippen molar-refractivity contribution < 1.29 is 9.84 Å². The maximum atomic E-state index is 10.1. The normalized spacial score (nSPS) is 11.0. The second kappa shape index (κ2) is 7.85. The number of hydrogen-bond acceptors (Lipinski definition) is 6. The minimum absolute atomic E-state index is 0.0209. The Labute approximate surface area is 138 Å². The van der Waals surface area contributed by atoms with Gasteiger partial charge in [0.05, 0.1) is 24.7 Å². The lowest BCUT2D eigenvalue weighted by atomic mass is 10.2. The summed E-state index contributed by atoms with van der Waals surface area (Å²) in [7, 11) is 1.45. The van der Waals surface area contributed by atoms with Crippen LogP contribution in [-0.2, 0) is 0 Å². The number of nitrogens with one attached hydrogen (secondary N) is 1. The quantitative estimate of drug-likeness (QED) is 0.338. The van der Waals surface area contributed by atoms with Crippen LogP contribution in [0.1, 0.15) is 5.56 Å². The first-order valence-electron chi connectivity index (χ1n) is 6.56. The SMILES string of the molecule is COc1cc(N=Nc2ccccc2)cc(/C=N\NC(N)=S)c1O. The van der Waals surface area contributed by atoms with Gasteiger partial charge < -0.3 is 15.6 Å². The highest BCUT2D eigenvalue weighted by molar-refractivity contribution is 7.80. The zero-order valence-corrected chi connectivity index (χ0v) is 13.1. The fourth-order valence-corrected chi connectivity index (χ4v) is 1.75. The van der Waals surface area contributed by atoms with E-state index >= 15 is 0 Å². The first kappa shape index (κ1) is 16.4. The molecule has 0 heterocycles. The molecule has 0 amide bonds. The van der Waals surface area contributed by atoms with Gasteiger partial charge in [0.15, 0.2) is 16.6 Å². The molecule has 0 spiro atoms. The van der Waals surface area contributed by atoms with Crippen molar-refractivity contribution in [3.63, 3.8) is 0 Å². The maximum Gasteiger partial charge on any atom is 0.184 e. The number of methoxy groups -OCH3 is 1. The summed E-state index contributed by atoms with van der Waals surface area (Å²) in [5, 5.41) is 22.2. The molecule has 0 aliphatic carbocycles. The fraction of sp³-hybridized carbons (Fsp3) is 0.0667. The lowest BCUT2D eigenvalue weighted by Gasteiger charge is -2.07. The van der Waals surface area contributed by atoms with E-state index in [9.17, 15) is 5.11 Å². The molecule has 0 aromatic heterocycles. The molecule has 2 aromatic rings. The van der Waals surface area contributed by atoms with E-state index in [-0.39, 0.29) is 16.6 Å². The highest BCUT2D eigenvalue weighted by Gasteiger charge is 2.09. The summed E-state index contributed by atoms with van der Waals surface area (Å²) in [4.78, 5) is 0. The summed E-state index contributed by atoms with van der Waals surface area (Å²) in [5.41, 5.74) is 9.28. The van der Waals surface area contributed by atoms with Gasteiger partial charge in [-0.2, -0.15) is 15.3 Å². The number of rotatable bonds is 5. The van der Waals surface area contributed by atoms with Crippen LogP contribution in [0.4, 0.5) is 11.4 Å². The predicted molar refractivity (Wildman–Crippen MR) is 92.8 cm³/mol. The number of benzene rings is 2. The fourth-order valence-electron chi connectivity index (χ4n) is 1.70. The van der Waals surface area contributed by atoms with Crippen LogP contribution < -0.4 is 15.9 Å². The average molecular weight is 329 g/mol. The minimum atomic E-state index is -0.0698. The standard InChI is InChI=1S/C15H15N5O2S/c1-22-13-8-12(19-18-11-5-3-2-4-6-11)7-10(14(13)21)9-17-20-15(16)23/h2-9,21H,1H3,(H3,16,20,23)/b17-9-,19-18?. The molecular weight excluding hydrogens is 314 g/mol. The van der Waals surface area contributed by atoms with Gasteiger partial charge in [0.2, 0.25) is 0 Å². The van der Waals surface area contributed by atoms with E-state index in [1.54, 1.807) is 12.1 Å². The van der Waals surface area contributed by atoms with E-state index in [1.165, 1.54) is 13.3 Å². The van der Waals surface area contributed by atoms with Crippen LogP contribution in [0.5, 0.6) is 11.5 Å². The largest absolute Gasteiger partial charge is 0.504 e. The number of phenolic OH excluding ortho intramolecular Hbond substituents is 1. The average Bonchev–Trinajstić information content (AvgIpc) is 2.55. The Morgan fingerprint density at radius 2 is 1.91 bits per heavy atom. The monoisotopic (exact) mass is 329 g/mol. The van der Waals surface area contributed by atoms with E-state index in [0.29, 0.717) is 16.9 Å². The van der Waals surface area contributed by atoms with Crippen molar-refractivity contribution in [1.82, 2.24) is 5.43 Å². The molecule has 0 bridgehead atoms. The van der Waals surface area contributed by atoms with E-state index in [0.717, 1.165) is 0 Å². The zero-order valence-electron chi connectivity index (χ0n) is 12.3. The third-order valence-corrected chi connectivity index (χ3v) is 2.82. The van der Waals surface area contributed by atoms with Crippen LogP contribution in [-0.4, -0.2) is 23.5 Å². The molecular formula is C15H15N5O2S. The van der Waals surface area contributed by atoms with Gasteiger partial charge in [-0.05, 0) is 30.4 Å². The Morgan fingerprint density at radius 1 is 1.22 bits per heavy atom. The van der Waals surface area contributed by atoms with Crippen LogP contribution in [0.3, 0.4) is 0 Å². The number of phenols is 1. The highest BCUT2D eigenvalue weighted by Crippen LogP contribution is 2.34. The third-order valence-electron chi connectivity index (χ3n) is 2.72. The number of hydrazone groups is 1. The highest BCUT2D eigenvalue weighted by atomic mass is 32.1. The molecule has 4 N–H and O–H groups in total. The van der Waals surface area contributed by atoms with E-state index in [2.05, 4.69) is 33.0 Å². The van der Waals surface area contributed by atoms with Crippen LogP contribution in [0.2, 0.25) is 0 Å². The number of ether oxygens (including phenoxy) is 1. The van der Waals surface area contributed by atoms with Gasteiger partial charge in [0.25, 0.3) is 0 Å².